The summed E-state index contributed by atoms with van der Waals surface area (Å²) in [6, 6.07) is 18.3. The number of likely N-dealkylation sites (tertiary alicyclic amines) is 1. The molecule has 2 unspecified atom stereocenters. The minimum atomic E-state index is -0.127. The van der Waals surface area contributed by atoms with Crippen molar-refractivity contribution in [2.45, 2.75) is 38.3 Å². The molecule has 134 valence electrons. The molecule has 0 aliphatic carbocycles. The summed E-state index contributed by atoms with van der Waals surface area (Å²) in [4.78, 5) is 19.7. The van der Waals surface area contributed by atoms with Crippen LogP contribution < -0.4 is 5.73 Å². The molecule has 4 heteroatoms. The number of benzene rings is 2. The third-order valence-corrected chi connectivity index (χ3v) is 5.51. The van der Waals surface area contributed by atoms with E-state index in [-0.39, 0.29) is 12.1 Å². The van der Waals surface area contributed by atoms with Crippen molar-refractivity contribution in [1.82, 2.24) is 4.90 Å². The Hall–Kier alpha value is -2.46. The van der Waals surface area contributed by atoms with Crippen molar-refractivity contribution in [3.8, 4) is 0 Å². The predicted octanol–water partition coefficient (Wildman–Crippen LogP) is 3.47. The van der Waals surface area contributed by atoms with Crippen molar-refractivity contribution in [1.29, 1.82) is 0 Å². The van der Waals surface area contributed by atoms with E-state index < -0.39 is 0 Å². The summed E-state index contributed by atoms with van der Waals surface area (Å²) in [6.45, 7) is 0.813. The van der Waals surface area contributed by atoms with Gasteiger partial charge in [-0.2, -0.15) is 0 Å². The van der Waals surface area contributed by atoms with Crippen LogP contribution in [0.2, 0.25) is 0 Å². The number of fused-ring (bicyclic) bond motifs is 1. The molecule has 0 spiro atoms. The van der Waals surface area contributed by atoms with Crippen LogP contribution >= 0.6 is 0 Å². The maximum Gasteiger partial charge on any atom is 0.140 e. The fraction of sp³-hybridized carbons (Fsp3) is 0.364. The van der Waals surface area contributed by atoms with Crippen LogP contribution in [0.15, 0.2) is 59.6 Å². The van der Waals surface area contributed by atoms with Crippen molar-refractivity contribution in [3.63, 3.8) is 0 Å². The summed E-state index contributed by atoms with van der Waals surface area (Å²) >= 11 is 0. The first-order valence-corrected chi connectivity index (χ1v) is 9.45. The van der Waals surface area contributed by atoms with E-state index in [4.69, 9.17) is 10.7 Å². The van der Waals surface area contributed by atoms with Crippen LogP contribution in [-0.2, 0) is 17.6 Å². The summed E-state index contributed by atoms with van der Waals surface area (Å²) in [5.74, 6) is 1.44. The number of hydrogen-bond acceptors (Lipinski definition) is 4. The van der Waals surface area contributed by atoms with E-state index in [0.29, 0.717) is 18.6 Å². The average Bonchev–Trinajstić information content (AvgIpc) is 2.68. The van der Waals surface area contributed by atoms with Gasteiger partial charge in [-0.05, 0) is 36.5 Å². The SMILES string of the molecule is NC1CC(C(=O)Cc2ccccc2)CCN1C1=Nc2ccccc2CC1. The molecule has 4 nitrogen and oxygen atoms in total. The Bertz CT molecular complexity index is 815. The standard InChI is InChI=1S/C22H25N3O/c23-21-15-18(20(26)14-16-6-2-1-3-7-16)12-13-25(21)22-11-10-17-8-4-5-9-19(17)24-22/h1-9,18,21H,10-15,23H2. The number of carbonyl (C=O) groups excluding carboxylic acids is 1. The van der Waals surface area contributed by atoms with Gasteiger partial charge in [0.25, 0.3) is 0 Å². The number of nitrogens with zero attached hydrogens (tertiary/aromatic N) is 2. The van der Waals surface area contributed by atoms with E-state index in [0.717, 1.165) is 42.9 Å². The van der Waals surface area contributed by atoms with Gasteiger partial charge in [-0.1, -0.05) is 48.5 Å². The zero-order chi connectivity index (χ0) is 17.9. The number of rotatable bonds is 3. The molecule has 0 radical (unpaired) electrons. The van der Waals surface area contributed by atoms with E-state index >= 15 is 0 Å². The molecule has 1 saturated heterocycles. The topological polar surface area (TPSA) is 58.7 Å². The highest BCUT2D eigenvalue weighted by atomic mass is 16.1. The summed E-state index contributed by atoms with van der Waals surface area (Å²) in [5, 5.41) is 0. The number of ketones is 1. The molecule has 2 heterocycles. The zero-order valence-electron chi connectivity index (χ0n) is 15.0. The lowest BCUT2D eigenvalue weighted by molar-refractivity contribution is -0.123. The molecule has 26 heavy (non-hydrogen) atoms. The van der Waals surface area contributed by atoms with E-state index in [9.17, 15) is 4.79 Å². The third kappa shape index (κ3) is 3.56. The number of hydrogen-bond donors (Lipinski definition) is 1. The summed E-state index contributed by atoms with van der Waals surface area (Å²) in [7, 11) is 0. The number of aliphatic imine (C=N–C) groups is 1. The minimum absolute atomic E-state index is 0.0536. The smallest absolute Gasteiger partial charge is 0.140 e. The van der Waals surface area contributed by atoms with Gasteiger partial charge in [0, 0.05) is 25.3 Å². The molecule has 2 aromatic rings. The van der Waals surface area contributed by atoms with Crippen LogP contribution in [0, 0.1) is 5.92 Å². The third-order valence-electron chi connectivity index (χ3n) is 5.51. The number of nitrogens with two attached hydrogens (primary N) is 1. The fourth-order valence-electron chi connectivity index (χ4n) is 4.03. The Morgan fingerprint density at radius 2 is 1.85 bits per heavy atom. The molecule has 4 rings (SSSR count). The second-order valence-electron chi connectivity index (χ2n) is 7.27. The molecule has 0 amide bonds. The Morgan fingerprint density at radius 3 is 2.65 bits per heavy atom. The monoisotopic (exact) mass is 347 g/mol. The molecular weight excluding hydrogens is 322 g/mol. The van der Waals surface area contributed by atoms with Gasteiger partial charge in [-0.15, -0.1) is 0 Å². The van der Waals surface area contributed by atoms with E-state index in [2.05, 4.69) is 23.1 Å². The number of para-hydroxylation sites is 1. The quantitative estimate of drug-likeness (QED) is 0.925. The molecule has 0 aromatic heterocycles. The summed E-state index contributed by atoms with van der Waals surface area (Å²) in [6.07, 6.45) is 3.89. The number of Topliss-reactive ketones (excluding diaryl/α,β-unsaturated/α-hetero) is 1. The van der Waals surface area contributed by atoms with Crippen LogP contribution in [-0.4, -0.2) is 29.2 Å². The molecule has 2 N–H and O–H groups in total. The van der Waals surface area contributed by atoms with Crippen molar-refractivity contribution in [2.24, 2.45) is 16.6 Å². The van der Waals surface area contributed by atoms with Gasteiger partial charge in [0.15, 0.2) is 0 Å². The molecule has 0 saturated carbocycles. The molecule has 1 fully saturated rings. The Morgan fingerprint density at radius 1 is 1.08 bits per heavy atom. The Balaban J connectivity index is 1.41. The molecule has 2 aliphatic heterocycles. The van der Waals surface area contributed by atoms with E-state index in [1.165, 1.54) is 5.56 Å². The molecule has 2 atom stereocenters. The fourth-order valence-corrected chi connectivity index (χ4v) is 4.03. The van der Waals surface area contributed by atoms with Crippen molar-refractivity contribution in [3.05, 3.63) is 65.7 Å². The normalized spacial score (nSPS) is 22.5. The zero-order valence-corrected chi connectivity index (χ0v) is 15.0. The highest BCUT2D eigenvalue weighted by molar-refractivity contribution is 5.88. The van der Waals surface area contributed by atoms with Crippen molar-refractivity contribution < 1.29 is 4.79 Å². The lowest BCUT2D eigenvalue weighted by Crippen LogP contribution is -2.52. The van der Waals surface area contributed by atoms with Gasteiger partial charge in [0.1, 0.15) is 11.6 Å². The van der Waals surface area contributed by atoms with Crippen LogP contribution in [0.25, 0.3) is 0 Å². The van der Waals surface area contributed by atoms with Gasteiger partial charge in [0.05, 0.1) is 11.9 Å². The summed E-state index contributed by atoms with van der Waals surface area (Å²) in [5.41, 5.74) is 9.89. The second-order valence-corrected chi connectivity index (χ2v) is 7.27. The Labute approximate surface area is 154 Å². The second kappa shape index (κ2) is 7.42. The molecular formula is C22H25N3O. The Kier molecular flexibility index (Phi) is 4.85. The molecule has 2 aromatic carbocycles. The average molecular weight is 347 g/mol. The first-order valence-electron chi connectivity index (χ1n) is 9.45. The number of aryl methyl sites for hydroxylation is 1. The lowest BCUT2D eigenvalue weighted by Gasteiger charge is -2.39. The molecule has 2 aliphatic rings. The highest BCUT2D eigenvalue weighted by Gasteiger charge is 2.32. The lowest BCUT2D eigenvalue weighted by atomic mass is 9.87. The first kappa shape index (κ1) is 17.0. The van der Waals surface area contributed by atoms with Gasteiger partial charge >= 0.3 is 0 Å². The van der Waals surface area contributed by atoms with Crippen molar-refractivity contribution in [2.75, 3.05) is 6.54 Å². The summed E-state index contributed by atoms with van der Waals surface area (Å²) < 4.78 is 0. The van der Waals surface area contributed by atoms with Gasteiger partial charge in [0.2, 0.25) is 0 Å². The highest BCUT2D eigenvalue weighted by Crippen LogP contribution is 2.29. The van der Waals surface area contributed by atoms with Crippen LogP contribution in [0.4, 0.5) is 5.69 Å². The largest absolute Gasteiger partial charge is 0.345 e. The number of piperidine rings is 1. The number of amidine groups is 1. The maximum atomic E-state index is 12.7. The number of carbonyl (C=O) groups is 1. The first-order chi connectivity index (χ1) is 12.7. The minimum Gasteiger partial charge on any atom is -0.345 e. The molecule has 0 bridgehead atoms. The van der Waals surface area contributed by atoms with E-state index in [1.54, 1.807) is 0 Å². The van der Waals surface area contributed by atoms with Gasteiger partial charge < -0.3 is 10.6 Å². The van der Waals surface area contributed by atoms with Crippen molar-refractivity contribution >= 4 is 17.3 Å². The van der Waals surface area contributed by atoms with E-state index in [1.807, 2.05) is 36.4 Å². The van der Waals surface area contributed by atoms with Gasteiger partial charge in [-0.3, -0.25) is 4.79 Å². The van der Waals surface area contributed by atoms with Crippen LogP contribution in [0.3, 0.4) is 0 Å². The van der Waals surface area contributed by atoms with Crippen LogP contribution in [0.1, 0.15) is 30.4 Å². The van der Waals surface area contributed by atoms with Crippen LogP contribution in [0.5, 0.6) is 0 Å². The predicted molar refractivity (Wildman–Crippen MR) is 104 cm³/mol. The van der Waals surface area contributed by atoms with Gasteiger partial charge in [-0.25, -0.2) is 4.99 Å². The maximum absolute atomic E-state index is 12.7.